The Morgan fingerprint density at radius 3 is 2.22 bits per heavy atom. The number of hydrogen-bond donors (Lipinski definition) is 1. The fourth-order valence-corrected chi connectivity index (χ4v) is 4.45. The van der Waals surface area contributed by atoms with Crippen molar-refractivity contribution in [2.45, 2.75) is 12.6 Å². The Morgan fingerprint density at radius 1 is 0.875 bits per heavy atom. The van der Waals surface area contributed by atoms with Crippen LogP contribution in [0.4, 0.5) is 5.69 Å². The Hall–Kier alpha value is -3.39. The summed E-state index contributed by atoms with van der Waals surface area (Å²) in [6, 6.07) is 15.7. The highest BCUT2D eigenvalue weighted by Gasteiger charge is 2.32. The molecule has 0 saturated carbocycles. The highest BCUT2D eigenvalue weighted by Crippen LogP contribution is 2.43. The molecule has 1 N–H and O–H groups in total. The van der Waals surface area contributed by atoms with Crippen LogP contribution in [-0.4, -0.2) is 49.6 Å². The zero-order valence-corrected chi connectivity index (χ0v) is 19.4. The fourth-order valence-electron chi connectivity index (χ4n) is 4.15. The van der Waals surface area contributed by atoms with E-state index in [0.717, 1.165) is 35.8 Å². The van der Waals surface area contributed by atoms with Gasteiger partial charge in [0.15, 0.2) is 16.6 Å². The van der Waals surface area contributed by atoms with Gasteiger partial charge in [0.2, 0.25) is 5.75 Å². The van der Waals surface area contributed by atoms with E-state index in [-0.39, 0.29) is 6.04 Å². The molecule has 2 heterocycles. The lowest BCUT2D eigenvalue weighted by molar-refractivity contribution is 0.288. The third-order valence-electron chi connectivity index (χ3n) is 5.65. The molecule has 1 aromatic heterocycles. The first-order valence-corrected chi connectivity index (χ1v) is 10.7. The normalized spacial score (nSPS) is 15.0. The molecule has 0 spiro atoms. The van der Waals surface area contributed by atoms with Crippen LogP contribution in [0.25, 0.3) is 0 Å². The maximum Gasteiger partial charge on any atom is 0.203 e. The number of rotatable bonds is 6. The number of methoxy groups -OCH3 is 4. The average molecular weight is 454 g/mol. The first kappa shape index (κ1) is 21.8. The minimum atomic E-state index is -0.137. The zero-order valence-electron chi connectivity index (χ0n) is 18.6. The molecular formula is C24H27N3O4S. The highest BCUT2D eigenvalue weighted by molar-refractivity contribution is 7.80. The van der Waals surface area contributed by atoms with Crippen molar-refractivity contribution in [3.05, 3.63) is 66.0 Å². The van der Waals surface area contributed by atoms with Gasteiger partial charge in [-0.3, -0.25) is 0 Å². The summed E-state index contributed by atoms with van der Waals surface area (Å²) >= 11 is 5.88. The second-order valence-electron chi connectivity index (χ2n) is 7.31. The van der Waals surface area contributed by atoms with Gasteiger partial charge in [-0.2, -0.15) is 0 Å². The van der Waals surface area contributed by atoms with Crippen LogP contribution in [0.2, 0.25) is 0 Å². The second kappa shape index (κ2) is 9.40. The van der Waals surface area contributed by atoms with E-state index in [2.05, 4.69) is 33.1 Å². The summed E-state index contributed by atoms with van der Waals surface area (Å²) in [6.45, 7) is 1.57. The number of thiocarbonyl (C=S) groups is 1. The van der Waals surface area contributed by atoms with Crippen molar-refractivity contribution < 1.29 is 18.9 Å². The van der Waals surface area contributed by atoms with Crippen molar-refractivity contribution in [2.24, 2.45) is 0 Å². The van der Waals surface area contributed by atoms with Crippen LogP contribution in [0.5, 0.6) is 23.0 Å². The van der Waals surface area contributed by atoms with Crippen LogP contribution in [0, 0.1) is 0 Å². The van der Waals surface area contributed by atoms with E-state index >= 15 is 0 Å². The summed E-state index contributed by atoms with van der Waals surface area (Å²) in [7, 11) is 6.49. The van der Waals surface area contributed by atoms with E-state index in [1.807, 2.05) is 36.4 Å². The number of hydrogen-bond acceptors (Lipinski definition) is 5. The first-order chi connectivity index (χ1) is 15.6. The molecule has 0 bridgehead atoms. The predicted molar refractivity (Wildman–Crippen MR) is 128 cm³/mol. The summed E-state index contributed by atoms with van der Waals surface area (Å²) in [4.78, 5) is 2.18. The van der Waals surface area contributed by atoms with Gasteiger partial charge in [-0.15, -0.1) is 0 Å². The second-order valence-corrected chi connectivity index (χ2v) is 7.70. The molecule has 0 fully saturated rings. The summed E-state index contributed by atoms with van der Waals surface area (Å²) in [5.74, 6) is 2.51. The van der Waals surface area contributed by atoms with Gasteiger partial charge < -0.3 is 33.7 Å². The molecule has 0 aliphatic carbocycles. The lowest BCUT2D eigenvalue weighted by Crippen LogP contribution is -2.44. The maximum absolute atomic E-state index is 5.88. The van der Waals surface area contributed by atoms with Gasteiger partial charge in [0.05, 0.1) is 40.2 Å². The molecule has 0 amide bonds. The van der Waals surface area contributed by atoms with Gasteiger partial charge in [-0.05, 0) is 54.2 Å². The molecule has 0 unspecified atom stereocenters. The molecule has 0 radical (unpaired) electrons. The Morgan fingerprint density at radius 2 is 1.56 bits per heavy atom. The lowest BCUT2D eigenvalue weighted by atomic mass is 9.99. The predicted octanol–water partition coefficient (Wildman–Crippen LogP) is 4.32. The van der Waals surface area contributed by atoms with E-state index in [1.165, 1.54) is 0 Å². The third kappa shape index (κ3) is 3.93. The Bertz CT molecular complexity index is 1090. The Labute approximate surface area is 193 Å². The van der Waals surface area contributed by atoms with E-state index in [0.29, 0.717) is 22.4 Å². The van der Waals surface area contributed by atoms with E-state index < -0.39 is 0 Å². The SMILES string of the molecule is COc1ccccc1NC(=S)N1CCn2cccc2[C@H]1c1cc(OC)c(OC)c(OC)c1. The van der Waals surface area contributed by atoms with Crippen molar-refractivity contribution in [1.82, 2.24) is 9.47 Å². The van der Waals surface area contributed by atoms with Crippen molar-refractivity contribution in [3.63, 3.8) is 0 Å². The minimum absolute atomic E-state index is 0.137. The van der Waals surface area contributed by atoms with Gasteiger partial charge >= 0.3 is 0 Å². The first-order valence-electron chi connectivity index (χ1n) is 10.3. The number of para-hydroxylation sites is 2. The number of ether oxygens (including phenoxy) is 4. The van der Waals surface area contributed by atoms with Gasteiger partial charge in [0, 0.05) is 25.0 Å². The Balaban J connectivity index is 1.76. The number of aromatic nitrogens is 1. The standard InChI is InChI=1S/C24H27N3O4S/c1-28-19-10-6-5-8-17(19)25-24(32)27-13-12-26-11-7-9-18(26)22(27)16-14-20(29-2)23(31-4)21(15-16)30-3/h5-11,14-15,22H,12-13H2,1-4H3,(H,25,32)/t22-/m1/s1. The van der Waals surface area contributed by atoms with Crippen LogP contribution in [0.3, 0.4) is 0 Å². The van der Waals surface area contributed by atoms with E-state index in [4.69, 9.17) is 31.2 Å². The van der Waals surface area contributed by atoms with Gasteiger partial charge in [0.25, 0.3) is 0 Å². The van der Waals surface area contributed by atoms with Crippen LogP contribution >= 0.6 is 12.2 Å². The molecule has 7 nitrogen and oxygen atoms in total. The maximum atomic E-state index is 5.88. The fraction of sp³-hybridized carbons (Fsp3) is 0.292. The zero-order chi connectivity index (χ0) is 22.7. The lowest BCUT2D eigenvalue weighted by Gasteiger charge is -2.39. The topological polar surface area (TPSA) is 57.1 Å². The summed E-state index contributed by atoms with van der Waals surface area (Å²) < 4.78 is 24.5. The average Bonchev–Trinajstić information content (AvgIpc) is 3.31. The van der Waals surface area contributed by atoms with Gasteiger partial charge in [-0.1, -0.05) is 12.1 Å². The third-order valence-corrected chi connectivity index (χ3v) is 5.99. The molecule has 3 aromatic rings. The molecule has 32 heavy (non-hydrogen) atoms. The smallest absolute Gasteiger partial charge is 0.203 e. The van der Waals surface area contributed by atoms with E-state index in [9.17, 15) is 0 Å². The number of benzene rings is 2. The summed E-state index contributed by atoms with van der Waals surface area (Å²) in [6.07, 6.45) is 2.09. The van der Waals surface area contributed by atoms with Gasteiger partial charge in [0.1, 0.15) is 5.75 Å². The Kier molecular flexibility index (Phi) is 6.41. The molecular weight excluding hydrogens is 426 g/mol. The van der Waals surface area contributed by atoms with Crippen LogP contribution < -0.4 is 24.3 Å². The monoisotopic (exact) mass is 453 g/mol. The molecule has 168 valence electrons. The summed E-state index contributed by atoms with van der Waals surface area (Å²) in [5, 5.41) is 3.98. The largest absolute Gasteiger partial charge is 0.495 e. The molecule has 1 aliphatic rings. The molecule has 4 rings (SSSR count). The van der Waals surface area contributed by atoms with Crippen molar-refractivity contribution in [1.29, 1.82) is 0 Å². The van der Waals surface area contributed by atoms with Crippen LogP contribution in [-0.2, 0) is 6.54 Å². The minimum Gasteiger partial charge on any atom is -0.495 e. The molecule has 2 aromatic carbocycles. The van der Waals surface area contributed by atoms with Crippen molar-refractivity contribution in [3.8, 4) is 23.0 Å². The van der Waals surface area contributed by atoms with Crippen LogP contribution in [0.15, 0.2) is 54.7 Å². The van der Waals surface area contributed by atoms with E-state index in [1.54, 1.807) is 28.4 Å². The molecule has 1 atom stereocenters. The molecule has 1 aliphatic heterocycles. The molecule has 0 saturated heterocycles. The number of fused-ring (bicyclic) bond motifs is 1. The van der Waals surface area contributed by atoms with Crippen molar-refractivity contribution >= 4 is 23.0 Å². The molecule has 8 heteroatoms. The number of anilines is 1. The summed E-state index contributed by atoms with van der Waals surface area (Å²) in [5.41, 5.74) is 2.95. The highest BCUT2D eigenvalue weighted by atomic mass is 32.1. The number of nitrogens with one attached hydrogen (secondary N) is 1. The quantitative estimate of drug-likeness (QED) is 0.558. The number of nitrogens with zero attached hydrogens (tertiary/aromatic N) is 2. The van der Waals surface area contributed by atoms with Gasteiger partial charge in [-0.25, -0.2) is 0 Å². The van der Waals surface area contributed by atoms with Crippen LogP contribution in [0.1, 0.15) is 17.3 Å². The van der Waals surface area contributed by atoms with Crippen molar-refractivity contribution in [2.75, 3.05) is 40.3 Å².